The monoisotopic (exact) mass is 240 g/mol. The second kappa shape index (κ2) is 3.96. The van der Waals surface area contributed by atoms with E-state index >= 15 is 0 Å². The molecule has 18 heavy (non-hydrogen) atoms. The highest BCUT2D eigenvalue weighted by atomic mass is 16.6. The first-order chi connectivity index (χ1) is 8.74. The van der Waals surface area contributed by atoms with Crippen molar-refractivity contribution in [2.45, 2.75) is 0 Å². The Morgan fingerprint density at radius 2 is 1.89 bits per heavy atom. The van der Waals surface area contributed by atoms with Gasteiger partial charge in [-0.1, -0.05) is 6.07 Å². The fourth-order valence-electron chi connectivity index (χ4n) is 1.89. The summed E-state index contributed by atoms with van der Waals surface area (Å²) in [4.78, 5) is 13.4. The molecular weight excluding hydrogens is 230 g/mol. The van der Waals surface area contributed by atoms with Crippen LogP contribution >= 0.6 is 0 Å². The summed E-state index contributed by atoms with van der Waals surface area (Å²) in [6.07, 6.45) is 3.90. The minimum Gasteiger partial charge on any atom is -0.258 e. The van der Waals surface area contributed by atoms with Crippen LogP contribution in [0.2, 0.25) is 0 Å². The quantitative estimate of drug-likeness (QED) is 0.424. The lowest BCUT2D eigenvalue weighted by molar-refractivity contribution is -0.509. The van der Waals surface area contributed by atoms with Crippen molar-refractivity contribution in [1.82, 2.24) is 4.98 Å². The van der Waals surface area contributed by atoms with Crippen LogP contribution in [0.15, 0.2) is 54.9 Å². The smallest absolute Gasteiger partial charge is 0.258 e. The number of H-pyrrole nitrogens is 1. The summed E-state index contributed by atoms with van der Waals surface area (Å²) < 4.78 is 1.97. The van der Waals surface area contributed by atoms with Crippen LogP contribution in [0.25, 0.3) is 16.9 Å². The molecule has 2 heterocycles. The van der Waals surface area contributed by atoms with Gasteiger partial charge in [-0.25, -0.2) is 9.38 Å². The number of aromatic amines is 1. The molecule has 3 aromatic rings. The number of rotatable bonds is 2. The van der Waals surface area contributed by atoms with Gasteiger partial charge in [-0.15, -0.1) is 0 Å². The zero-order chi connectivity index (χ0) is 12.5. The minimum atomic E-state index is -0.399. The second-order valence-corrected chi connectivity index (χ2v) is 3.96. The van der Waals surface area contributed by atoms with Crippen molar-refractivity contribution < 1.29 is 9.32 Å². The Morgan fingerprint density at radius 1 is 1.11 bits per heavy atom. The number of pyridine rings is 1. The Hall–Kier alpha value is -2.69. The first-order valence-corrected chi connectivity index (χ1v) is 5.48. The molecule has 2 aromatic heterocycles. The van der Waals surface area contributed by atoms with Gasteiger partial charge < -0.3 is 0 Å². The van der Waals surface area contributed by atoms with E-state index in [4.69, 9.17) is 0 Å². The van der Waals surface area contributed by atoms with Crippen molar-refractivity contribution in [1.29, 1.82) is 0 Å². The molecule has 1 N–H and O–H groups in total. The van der Waals surface area contributed by atoms with Crippen molar-refractivity contribution in [3.8, 4) is 11.3 Å². The Morgan fingerprint density at radius 3 is 2.56 bits per heavy atom. The van der Waals surface area contributed by atoms with Crippen molar-refractivity contribution in [2.24, 2.45) is 0 Å². The summed E-state index contributed by atoms with van der Waals surface area (Å²) in [6, 6.07) is 12.4. The molecule has 0 amide bonds. The summed E-state index contributed by atoms with van der Waals surface area (Å²) in [6.45, 7) is 0. The SMILES string of the molecule is O=[N+]([O-])c1ccc(-c2c[n+]3ccccc3[nH]2)cc1. The molecule has 0 aliphatic heterocycles. The van der Waals surface area contributed by atoms with Crippen LogP contribution in [0.5, 0.6) is 0 Å². The maximum Gasteiger partial charge on any atom is 0.284 e. The zero-order valence-corrected chi connectivity index (χ0v) is 9.41. The fourth-order valence-corrected chi connectivity index (χ4v) is 1.89. The van der Waals surface area contributed by atoms with Gasteiger partial charge in [0.2, 0.25) is 0 Å². The second-order valence-electron chi connectivity index (χ2n) is 3.96. The predicted octanol–water partition coefficient (Wildman–Crippen LogP) is 2.33. The molecule has 0 atom stereocenters. The van der Waals surface area contributed by atoms with E-state index in [2.05, 4.69) is 4.98 Å². The van der Waals surface area contributed by atoms with Gasteiger partial charge in [-0.2, -0.15) is 0 Å². The van der Waals surface area contributed by atoms with Crippen molar-refractivity contribution in [2.75, 3.05) is 0 Å². The van der Waals surface area contributed by atoms with Crippen LogP contribution in [0.1, 0.15) is 0 Å². The molecule has 0 spiro atoms. The molecule has 0 saturated heterocycles. The van der Waals surface area contributed by atoms with Crippen LogP contribution in [-0.2, 0) is 0 Å². The highest BCUT2D eigenvalue weighted by Gasteiger charge is 2.11. The van der Waals surface area contributed by atoms with Gasteiger partial charge >= 0.3 is 0 Å². The number of benzene rings is 1. The fraction of sp³-hybridized carbons (Fsp3) is 0. The maximum absolute atomic E-state index is 10.6. The molecule has 0 aliphatic rings. The molecule has 3 rings (SSSR count). The van der Waals surface area contributed by atoms with E-state index in [9.17, 15) is 10.1 Å². The van der Waals surface area contributed by atoms with Crippen molar-refractivity contribution in [3.63, 3.8) is 0 Å². The molecule has 0 fully saturated rings. The molecule has 5 heteroatoms. The number of imidazole rings is 1. The van der Waals surface area contributed by atoms with Gasteiger partial charge in [0, 0.05) is 23.8 Å². The predicted molar refractivity (Wildman–Crippen MR) is 66.0 cm³/mol. The van der Waals surface area contributed by atoms with Crippen LogP contribution in [0.4, 0.5) is 5.69 Å². The number of nitrogens with one attached hydrogen (secondary N) is 1. The van der Waals surface area contributed by atoms with E-state index in [1.807, 2.05) is 35.0 Å². The zero-order valence-electron chi connectivity index (χ0n) is 9.41. The van der Waals surface area contributed by atoms with Crippen molar-refractivity contribution in [3.05, 3.63) is 65.0 Å². The molecule has 88 valence electrons. The number of nitrogens with zero attached hydrogens (tertiary/aromatic N) is 2. The van der Waals surface area contributed by atoms with Gasteiger partial charge in [0.05, 0.1) is 11.1 Å². The Kier molecular flexibility index (Phi) is 2.30. The minimum absolute atomic E-state index is 0.0996. The highest BCUT2D eigenvalue weighted by molar-refractivity contribution is 5.61. The lowest BCUT2D eigenvalue weighted by Crippen LogP contribution is -2.15. The summed E-state index contributed by atoms with van der Waals surface area (Å²) in [5.74, 6) is 0. The van der Waals surface area contributed by atoms with Gasteiger partial charge in [0.15, 0.2) is 5.69 Å². The normalized spacial score (nSPS) is 10.7. The van der Waals surface area contributed by atoms with Crippen molar-refractivity contribution >= 4 is 11.3 Å². The molecule has 0 aliphatic carbocycles. The average molecular weight is 240 g/mol. The standard InChI is InChI=1S/C13H9N3O2/c17-16(18)11-6-4-10(5-7-11)12-9-15-8-2-1-3-13(15)14-12/h1-9H/p+1. The van der Waals surface area contributed by atoms with E-state index in [0.717, 1.165) is 16.9 Å². The Labute approximate surface area is 102 Å². The lowest BCUT2D eigenvalue weighted by atomic mass is 10.1. The Balaban J connectivity index is 2.06. The van der Waals surface area contributed by atoms with Crippen LogP contribution in [0.3, 0.4) is 0 Å². The van der Waals surface area contributed by atoms with E-state index in [1.165, 1.54) is 12.1 Å². The van der Waals surface area contributed by atoms with Gasteiger partial charge in [-0.05, 0) is 18.2 Å². The summed E-state index contributed by atoms with van der Waals surface area (Å²) >= 11 is 0. The first-order valence-electron chi connectivity index (χ1n) is 5.48. The molecular formula is C13H10N3O2+. The third-order valence-corrected chi connectivity index (χ3v) is 2.81. The van der Waals surface area contributed by atoms with E-state index in [0.29, 0.717) is 0 Å². The van der Waals surface area contributed by atoms with E-state index in [1.54, 1.807) is 12.1 Å². The molecule has 1 aromatic carbocycles. The first kappa shape index (κ1) is 10.5. The number of hydrogen-bond acceptors (Lipinski definition) is 2. The van der Waals surface area contributed by atoms with Crippen LogP contribution < -0.4 is 4.40 Å². The molecule has 0 radical (unpaired) electrons. The van der Waals surface area contributed by atoms with Gasteiger partial charge in [-0.3, -0.25) is 10.1 Å². The number of nitro benzene ring substituents is 1. The molecule has 0 bridgehead atoms. The topological polar surface area (TPSA) is 63.0 Å². The van der Waals surface area contributed by atoms with E-state index in [-0.39, 0.29) is 5.69 Å². The highest BCUT2D eigenvalue weighted by Crippen LogP contribution is 2.20. The number of nitro groups is 1. The summed E-state index contributed by atoms with van der Waals surface area (Å²) in [5, 5.41) is 10.6. The number of fused-ring (bicyclic) bond motifs is 1. The summed E-state index contributed by atoms with van der Waals surface area (Å²) in [7, 11) is 0. The van der Waals surface area contributed by atoms with Gasteiger partial charge in [0.1, 0.15) is 6.20 Å². The third kappa shape index (κ3) is 1.71. The lowest BCUT2D eigenvalue weighted by Gasteiger charge is -1.93. The summed E-state index contributed by atoms with van der Waals surface area (Å²) in [5.41, 5.74) is 2.92. The van der Waals surface area contributed by atoms with Crippen LogP contribution in [-0.4, -0.2) is 9.91 Å². The third-order valence-electron chi connectivity index (χ3n) is 2.81. The number of non-ortho nitro benzene ring substituents is 1. The number of aromatic nitrogens is 2. The number of hydrogen-bond donors (Lipinski definition) is 1. The molecule has 0 saturated carbocycles. The molecule has 0 unspecified atom stereocenters. The average Bonchev–Trinajstić information content (AvgIpc) is 2.82. The van der Waals surface area contributed by atoms with Crippen LogP contribution in [0, 0.1) is 10.1 Å². The molecule has 5 nitrogen and oxygen atoms in total. The Bertz CT molecular complexity index is 683. The maximum atomic E-state index is 10.6. The van der Waals surface area contributed by atoms with Gasteiger partial charge in [0.25, 0.3) is 11.3 Å². The largest absolute Gasteiger partial charge is 0.284 e. The van der Waals surface area contributed by atoms with E-state index < -0.39 is 4.92 Å².